The van der Waals surface area contributed by atoms with Gasteiger partial charge in [0.15, 0.2) is 0 Å². The maximum atomic E-state index is 4.75. The molecule has 1 aliphatic carbocycles. The van der Waals surface area contributed by atoms with E-state index in [0.717, 1.165) is 43.4 Å². The smallest absolute Gasteiger partial charge is 0.138 e. The summed E-state index contributed by atoms with van der Waals surface area (Å²) in [6.07, 6.45) is 5.58. The van der Waals surface area contributed by atoms with Gasteiger partial charge < -0.3 is 5.32 Å². The van der Waals surface area contributed by atoms with Crippen molar-refractivity contribution < 1.29 is 0 Å². The molecular formula is C15H25N3S. The molecule has 1 atom stereocenters. The van der Waals surface area contributed by atoms with Crippen LogP contribution in [0.4, 0.5) is 0 Å². The number of aromatic nitrogens is 2. The first kappa shape index (κ1) is 14.8. The number of thioether (sulfide) groups is 1. The highest BCUT2D eigenvalue weighted by Gasteiger charge is 2.20. The highest BCUT2D eigenvalue weighted by atomic mass is 32.2. The van der Waals surface area contributed by atoms with Crippen LogP contribution in [0.3, 0.4) is 0 Å². The van der Waals surface area contributed by atoms with Crippen LogP contribution < -0.4 is 5.32 Å². The lowest BCUT2D eigenvalue weighted by atomic mass is 9.87. The van der Waals surface area contributed by atoms with E-state index < -0.39 is 0 Å². The molecule has 0 spiro atoms. The van der Waals surface area contributed by atoms with Crippen LogP contribution in [0, 0.1) is 5.92 Å². The van der Waals surface area contributed by atoms with Gasteiger partial charge in [-0.3, -0.25) is 0 Å². The number of rotatable bonds is 6. The number of fused-ring (bicyclic) bond motifs is 1. The minimum atomic E-state index is 0.643. The summed E-state index contributed by atoms with van der Waals surface area (Å²) in [6, 6.07) is 0. The molecule has 106 valence electrons. The standard InChI is InChI=1S/C15H25N3S/c1-4-16-8-12-5-6-14-13(7-12)9-17-15(18-14)10-19-11(2)3/h9,11-12,16H,4-8,10H2,1-3H3. The zero-order valence-corrected chi connectivity index (χ0v) is 13.1. The second kappa shape index (κ2) is 7.25. The molecule has 0 saturated heterocycles. The summed E-state index contributed by atoms with van der Waals surface area (Å²) in [5.41, 5.74) is 2.66. The summed E-state index contributed by atoms with van der Waals surface area (Å²) >= 11 is 1.91. The summed E-state index contributed by atoms with van der Waals surface area (Å²) in [7, 11) is 0. The summed E-state index contributed by atoms with van der Waals surface area (Å²) in [5, 5.41) is 4.09. The topological polar surface area (TPSA) is 37.8 Å². The first-order valence-electron chi connectivity index (χ1n) is 7.35. The van der Waals surface area contributed by atoms with Crippen LogP contribution in [0.25, 0.3) is 0 Å². The monoisotopic (exact) mass is 279 g/mol. The van der Waals surface area contributed by atoms with E-state index in [-0.39, 0.29) is 0 Å². The van der Waals surface area contributed by atoms with Gasteiger partial charge >= 0.3 is 0 Å². The molecule has 1 unspecified atom stereocenters. The molecule has 0 fully saturated rings. The Bertz CT molecular complexity index is 406. The fourth-order valence-corrected chi connectivity index (χ4v) is 3.08. The Morgan fingerprint density at radius 1 is 1.47 bits per heavy atom. The van der Waals surface area contributed by atoms with Crippen molar-refractivity contribution >= 4 is 11.8 Å². The summed E-state index contributed by atoms with van der Waals surface area (Å²) in [5.74, 6) is 2.70. The zero-order valence-electron chi connectivity index (χ0n) is 12.3. The van der Waals surface area contributed by atoms with E-state index in [1.54, 1.807) is 0 Å². The third-order valence-corrected chi connectivity index (χ3v) is 4.62. The van der Waals surface area contributed by atoms with E-state index in [9.17, 15) is 0 Å². The number of nitrogens with zero attached hydrogens (tertiary/aromatic N) is 2. The molecule has 1 aromatic rings. The molecule has 19 heavy (non-hydrogen) atoms. The fourth-order valence-electron chi connectivity index (χ4n) is 2.46. The summed E-state index contributed by atoms with van der Waals surface area (Å²) in [6.45, 7) is 8.79. The van der Waals surface area contributed by atoms with Crippen molar-refractivity contribution in [2.75, 3.05) is 13.1 Å². The predicted octanol–water partition coefficient (Wildman–Crippen LogP) is 2.83. The van der Waals surface area contributed by atoms with Gasteiger partial charge in [0.1, 0.15) is 5.82 Å². The molecule has 0 saturated carbocycles. The van der Waals surface area contributed by atoms with Crippen molar-refractivity contribution in [3.63, 3.8) is 0 Å². The van der Waals surface area contributed by atoms with Crippen molar-refractivity contribution in [3.8, 4) is 0 Å². The normalized spacial score (nSPS) is 18.6. The van der Waals surface area contributed by atoms with Crippen LogP contribution >= 0.6 is 11.8 Å². The lowest BCUT2D eigenvalue weighted by Crippen LogP contribution is -2.27. The summed E-state index contributed by atoms with van der Waals surface area (Å²) in [4.78, 5) is 9.27. The van der Waals surface area contributed by atoms with Gasteiger partial charge in [0.05, 0.1) is 5.75 Å². The van der Waals surface area contributed by atoms with Crippen molar-refractivity contribution in [2.45, 2.75) is 51.0 Å². The molecule has 0 amide bonds. The molecule has 3 nitrogen and oxygen atoms in total. The van der Waals surface area contributed by atoms with Crippen molar-refractivity contribution in [2.24, 2.45) is 5.92 Å². The molecule has 1 aliphatic rings. The number of hydrogen-bond donors (Lipinski definition) is 1. The predicted molar refractivity (Wildman–Crippen MR) is 82.5 cm³/mol. The second-order valence-electron chi connectivity index (χ2n) is 5.53. The molecule has 1 aromatic heterocycles. The Kier molecular flexibility index (Phi) is 5.64. The molecular weight excluding hydrogens is 254 g/mol. The Labute approximate surface area is 121 Å². The Morgan fingerprint density at radius 3 is 3.05 bits per heavy atom. The van der Waals surface area contributed by atoms with Crippen LogP contribution in [-0.2, 0) is 18.6 Å². The van der Waals surface area contributed by atoms with E-state index in [4.69, 9.17) is 4.98 Å². The highest BCUT2D eigenvalue weighted by molar-refractivity contribution is 7.99. The minimum Gasteiger partial charge on any atom is -0.317 e. The quantitative estimate of drug-likeness (QED) is 0.869. The maximum absolute atomic E-state index is 4.75. The van der Waals surface area contributed by atoms with Gasteiger partial charge in [-0.1, -0.05) is 20.8 Å². The van der Waals surface area contributed by atoms with E-state index in [2.05, 4.69) is 37.3 Å². The van der Waals surface area contributed by atoms with E-state index in [0.29, 0.717) is 5.25 Å². The van der Waals surface area contributed by atoms with Crippen LogP contribution in [0.5, 0.6) is 0 Å². The number of nitrogens with one attached hydrogen (secondary N) is 1. The first-order chi connectivity index (χ1) is 9.19. The lowest BCUT2D eigenvalue weighted by Gasteiger charge is -2.24. The van der Waals surface area contributed by atoms with E-state index in [1.807, 2.05) is 11.8 Å². The van der Waals surface area contributed by atoms with Crippen LogP contribution in [0.15, 0.2) is 6.20 Å². The molecule has 4 heteroatoms. The third-order valence-electron chi connectivity index (χ3n) is 3.53. The lowest BCUT2D eigenvalue weighted by molar-refractivity contribution is 0.424. The van der Waals surface area contributed by atoms with Crippen molar-refractivity contribution in [1.82, 2.24) is 15.3 Å². The number of aryl methyl sites for hydroxylation is 1. The molecule has 0 radical (unpaired) electrons. The van der Waals surface area contributed by atoms with Gasteiger partial charge in [-0.2, -0.15) is 11.8 Å². The second-order valence-corrected chi connectivity index (χ2v) is 7.10. The van der Waals surface area contributed by atoms with Gasteiger partial charge in [0, 0.05) is 11.9 Å². The van der Waals surface area contributed by atoms with Gasteiger partial charge in [0.25, 0.3) is 0 Å². The highest BCUT2D eigenvalue weighted by Crippen LogP contribution is 2.24. The zero-order chi connectivity index (χ0) is 13.7. The van der Waals surface area contributed by atoms with Gasteiger partial charge in [-0.05, 0) is 49.1 Å². The average molecular weight is 279 g/mol. The van der Waals surface area contributed by atoms with E-state index >= 15 is 0 Å². The third kappa shape index (κ3) is 4.46. The fraction of sp³-hybridized carbons (Fsp3) is 0.733. The molecule has 0 aromatic carbocycles. The Hall–Kier alpha value is -0.610. The molecule has 0 bridgehead atoms. The van der Waals surface area contributed by atoms with Crippen molar-refractivity contribution in [3.05, 3.63) is 23.3 Å². The molecule has 0 aliphatic heterocycles. The average Bonchev–Trinajstić information content (AvgIpc) is 2.42. The van der Waals surface area contributed by atoms with E-state index in [1.165, 1.54) is 17.7 Å². The van der Waals surface area contributed by atoms with Crippen molar-refractivity contribution in [1.29, 1.82) is 0 Å². The minimum absolute atomic E-state index is 0.643. The Balaban J connectivity index is 1.95. The first-order valence-corrected chi connectivity index (χ1v) is 8.40. The largest absolute Gasteiger partial charge is 0.317 e. The molecule has 1 N–H and O–H groups in total. The van der Waals surface area contributed by atoms with Gasteiger partial charge in [-0.25, -0.2) is 9.97 Å². The number of hydrogen-bond acceptors (Lipinski definition) is 4. The summed E-state index contributed by atoms with van der Waals surface area (Å²) < 4.78 is 0. The van der Waals surface area contributed by atoms with Gasteiger partial charge in [-0.15, -0.1) is 0 Å². The van der Waals surface area contributed by atoms with Crippen LogP contribution in [-0.4, -0.2) is 28.3 Å². The van der Waals surface area contributed by atoms with Crippen LogP contribution in [0.1, 0.15) is 44.3 Å². The maximum Gasteiger partial charge on any atom is 0.138 e. The Morgan fingerprint density at radius 2 is 2.32 bits per heavy atom. The SMILES string of the molecule is CCNCC1CCc2nc(CSC(C)C)ncc2C1. The van der Waals surface area contributed by atoms with Crippen LogP contribution in [0.2, 0.25) is 0 Å². The molecule has 2 rings (SSSR count). The van der Waals surface area contributed by atoms with Gasteiger partial charge in [0.2, 0.25) is 0 Å². The molecule has 1 heterocycles.